The number of unbranched alkanes of at least 4 members (excludes halogenated alkanes) is 15. The summed E-state index contributed by atoms with van der Waals surface area (Å²) in [6.45, 7) is 4.80. The summed E-state index contributed by atoms with van der Waals surface area (Å²) in [6, 6.07) is -0.873. The monoisotopic (exact) mass is 687 g/mol. The van der Waals surface area contributed by atoms with E-state index in [1.54, 1.807) is 0 Å². The molecule has 0 bridgehead atoms. The van der Waals surface area contributed by atoms with Crippen LogP contribution >= 0.6 is 0 Å². The van der Waals surface area contributed by atoms with Gasteiger partial charge in [-0.1, -0.05) is 127 Å². The molecule has 0 radical (unpaired) electrons. The lowest BCUT2D eigenvalue weighted by Crippen LogP contribution is -2.40. The Kier molecular flexibility index (Phi) is 34.6. The molecule has 0 aromatic rings. The molecule has 49 heavy (non-hydrogen) atoms. The van der Waals surface area contributed by atoms with Crippen LogP contribution in [0.4, 0.5) is 0 Å². The summed E-state index contributed by atoms with van der Waals surface area (Å²) in [4.78, 5) is 36.3. The summed E-state index contributed by atoms with van der Waals surface area (Å²) in [5, 5.41) is 11.9. The molecule has 4 N–H and O–H groups in total. The highest BCUT2D eigenvalue weighted by Crippen LogP contribution is 2.15. The smallest absolute Gasteiger partial charge is 0.326 e. The number of carboxylic acids is 1. The van der Waals surface area contributed by atoms with Crippen LogP contribution < -0.4 is 11.1 Å². The number of allylic oxidation sites excluding steroid dienone is 7. The number of carbonyl (C=O) groups is 3. The molecular formula is C42H74N2O5. The number of ether oxygens (including phenoxy) is 1. The summed E-state index contributed by atoms with van der Waals surface area (Å²) in [5.41, 5.74) is 5.47. The molecule has 2 atom stereocenters. The summed E-state index contributed by atoms with van der Waals surface area (Å²) < 4.78 is 5.91. The van der Waals surface area contributed by atoms with Gasteiger partial charge in [-0.3, -0.25) is 9.59 Å². The Morgan fingerprint density at radius 1 is 0.633 bits per heavy atom. The van der Waals surface area contributed by atoms with Crippen molar-refractivity contribution >= 4 is 17.8 Å². The molecule has 0 aromatic heterocycles. The van der Waals surface area contributed by atoms with Crippen LogP contribution in [0.2, 0.25) is 0 Å². The number of nitrogens with one attached hydrogen (secondary N) is 1. The maximum absolute atomic E-state index is 12.7. The zero-order valence-electron chi connectivity index (χ0n) is 31.5. The Bertz CT molecular complexity index is 911. The average molecular weight is 687 g/mol. The summed E-state index contributed by atoms with van der Waals surface area (Å²) >= 11 is 0. The van der Waals surface area contributed by atoms with Gasteiger partial charge in [0.25, 0.3) is 0 Å². The van der Waals surface area contributed by atoms with Crippen LogP contribution in [0.5, 0.6) is 0 Å². The van der Waals surface area contributed by atoms with E-state index in [1.807, 2.05) is 0 Å². The van der Waals surface area contributed by atoms with Crippen LogP contribution in [0.25, 0.3) is 0 Å². The van der Waals surface area contributed by atoms with Gasteiger partial charge in [0, 0.05) is 12.8 Å². The van der Waals surface area contributed by atoms with E-state index in [-0.39, 0.29) is 18.0 Å². The Morgan fingerprint density at radius 3 is 1.82 bits per heavy atom. The van der Waals surface area contributed by atoms with E-state index in [4.69, 9.17) is 10.5 Å². The maximum Gasteiger partial charge on any atom is 0.326 e. The third-order valence-electron chi connectivity index (χ3n) is 8.61. The third-order valence-corrected chi connectivity index (χ3v) is 8.61. The Hall–Kier alpha value is -2.67. The second-order valence-corrected chi connectivity index (χ2v) is 13.3. The van der Waals surface area contributed by atoms with E-state index < -0.39 is 12.0 Å². The highest BCUT2D eigenvalue weighted by atomic mass is 16.5. The topological polar surface area (TPSA) is 119 Å². The van der Waals surface area contributed by atoms with Crippen molar-refractivity contribution in [3.8, 4) is 0 Å². The Balaban J connectivity index is 4.38. The van der Waals surface area contributed by atoms with Gasteiger partial charge in [-0.15, -0.1) is 0 Å². The highest BCUT2D eigenvalue weighted by Gasteiger charge is 2.19. The zero-order valence-corrected chi connectivity index (χ0v) is 31.5. The van der Waals surface area contributed by atoms with Crippen LogP contribution in [-0.2, 0) is 19.1 Å². The third kappa shape index (κ3) is 33.6. The van der Waals surface area contributed by atoms with Crippen molar-refractivity contribution in [1.82, 2.24) is 5.32 Å². The summed E-state index contributed by atoms with van der Waals surface area (Å²) in [7, 11) is 0. The molecular weight excluding hydrogens is 612 g/mol. The van der Waals surface area contributed by atoms with E-state index in [0.29, 0.717) is 38.6 Å². The first-order valence-electron chi connectivity index (χ1n) is 20.0. The predicted octanol–water partition coefficient (Wildman–Crippen LogP) is 10.8. The average Bonchev–Trinajstić information content (AvgIpc) is 3.08. The van der Waals surface area contributed by atoms with Crippen LogP contribution in [0.1, 0.15) is 181 Å². The number of nitrogens with two attached hydrogens (primary N) is 1. The lowest BCUT2D eigenvalue weighted by Gasteiger charge is -2.15. The standard InChI is InChI=1S/C42H74N2O5/c1-3-5-7-9-11-13-14-15-16-17-18-20-22-24-30-36-41(46)49-38(32-27-23-21-19-12-10-8-6-4-2)33-28-25-26-29-35-40(45)44-39(42(47)48)34-31-37-43/h5,7,11,13,15-16,27,32,38-39H,3-4,6,8-10,12,14,17-26,28-31,33-37,43H2,1-2H3,(H,44,45)(H,47,48)/b7-5-,13-11-,16-15-,32-27-. The molecule has 282 valence electrons. The fraction of sp³-hybridized carbons (Fsp3) is 0.738. The van der Waals surface area contributed by atoms with Crippen molar-refractivity contribution in [3.05, 3.63) is 48.6 Å². The first-order chi connectivity index (χ1) is 23.9. The van der Waals surface area contributed by atoms with Gasteiger partial charge in [0.15, 0.2) is 0 Å². The van der Waals surface area contributed by atoms with Crippen molar-refractivity contribution in [2.45, 2.75) is 193 Å². The minimum absolute atomic E-state index is 0.106. The number of aliphatic carboxylic acids is 1. The minimum Gasteiger partial charge on any atom is -0.480 e. The van der Waals surface area contributed by atoms with Gasteiger partial charge < -0.3 is 20.9 Å². The lowest BCUT2D eigenvalue weighted by atomic mass is 10.1. The minimum atomic E-state index is -1.02. The van der Waals surface area contributed by atoms with Gasteiger partial charge >= 0.3 is 11.9 Å². The van der Waals surface area contributed by atoms with E-state index in [1.165, 1.54) is 57.8 Å². The molecule has 0 aromatic carbocycles. The van der Waals surface area contributed by atoms with Crippen molar-refractivity contribution < 1.29 is 24.2 Å². The zero-order chi connectivity index (χ0) is 36.0. The fourth-order valence-electron chi connectivity index (χ4n) is 5.61. The van der Waals surface area contributed by atoms with Gasteiger partial charge in [-0.05, 0) is 96.1 Å². The molecule has 7 nitrogen and oxygen atoms in total. The van der Waals surface area contributed by atoms with Crippen LogP contribution in [-0.4, -0.2) is 41.6 Å². The number of hydrogen-bond donors (Lipinski definition) is 3. The van der Waals surface area contributed by atoms with Gasteiger partial charge in [-0.25, -0.2) is 4.79 Å². The normalized spacial score (nSPS) is 13.2. The molecule has 0 aliphatic carbocycles. The summed E-state index contributed by atoms with van der Waals surface area (Å²) in [5.74, 6) is -1.35. The number of esters is 1. The molecule has 0 aliphatic rings. The molecule has 0 heterocycles. The SMILES string of the molecule is CC/C=C\C/C=C\C/C=C\CCCCCCCC(=O)OC(/C=C\CCCCCCCCC)CCCCCCC(=O)NC(CCCN)C(=O)O. The van der Waals surface area contributed by atoms with E-state index in [2.05, 4.69) is 67.8 Å². The van der Waals surface area contributed by atoms with Crippen molar-refractivity contribution in [3.63, 3.8) is 0 Å². The molecule has 0 saturated heterocycles. The van der Waals surface area contributed by atoms with E-state index in [0.717, 1.165) is 77.0 Å². The second-order valence-electron chi connectivity index (χ2n) is 13.3. The van der Waals surface area contributed by atoms with E-state index in [9.17, 15) is 19.5 Å². The number of carbonyl (C=O) groups excluding carboxylic acids is 2. The fourth-order valence-corrected chi connectivity index (χ4v) is 5.61. The van der Waals surface area contributed by atoms with Gasteiger partial charge in [0.2, 0.25) is 5.91 Å². The number of amides is 1. The number of rotatable bonds is 35. The first kappa shape index (κ1) is 46.3. The van der Waals surface area contributed by atoms with Crippen LogP contribution in [0.15, 0.2) is 48.6 Å². The lowest BCUT2D eigenvalue weighted by molar-refractivity contribution is -0.147. The number of hydrogen-bond acceptors (Lipinski definition) is 5. The van der Waals surface area contributed by atoms with Crippen molar-refractivity contribution in [1.29, 1.82) is 0 Å². The molecule has 7 heteroatoms. The van der Waals surface area contributed by atoms with Crippen molar-refractivity contribution in [2.24, 2.45) is 5.73 Å². The molecule has 0 spiro atoms. The van der Waals surface area contributed by atoms with Gasteiger partial charge in [0.1, 0.15) is 12.1 Å². The molecule has 1 amide bonds. The van der Waals surface area contributed by atoms with Crippen molar-refractivity contribution in [2.75, 3.05) is 6.54 Å². The van der Waals surface area contributed by atoms with E-state index >= 15 is 0 Å². The largest absolute Gasteiger partial charge is 0.480 e. The predicted molar refractivity (Wildman–Crippen MR) is 206 cm³/mol. The highest BCUT2D eigenvalue weighted by molar-refractivity contribution is 5.83. The van der Waals surface area contributed by atoms with Crippen LogP contribution in [0.3, 0.4) is 0 Å². The quantitative estimate of drug-likeness (QED) is 0.0347. The molecule has 0 aliphatic heterocycles. The first-order valence-corrected chi connectivity index (χ1v) is 20.0. The summed E-state index contributed by atoms with van der Waals surface area (Å²) in [6.07, 6.45) is 43.0. The second kappa shape index (κ2) is 36.6. The van der Waals surface area contributed by atoms with Crippen LogP contribution in [0, 0.1) is 0 Å². The molecule has 2 unspecified atom stereocenters. The number of carboxylic acid groups (broad SMARTS) is 1. The Morgan fingerprint density at radius 2 is 1.18 bits per heavy atom. The molecule has 0 saturated carbocycles. The van der Waals surface area contributed by atoms with Gasteiger partial charge in [0.05, 0.1) is 0 Å². The van der Waals surface area contributed by atoms with Gasteiger partial charge in [-0.2, -0.15) is 0 Å². The molecule has 0 rings (SSSR count). The maximum atomic E-state index is 12.7. The molecule has 0 fully saturated rings. The Labute approximate surface area is 300 Å².